The van der Waals surface area contributed by atoms with Crippen molar-refractivity contribution in [2.24, 2.45) is 0 Å². The zero-order valence-electron chi connectivity index (χ0n) is 14.6. The predicted molar refractivity (Wildman–Crippen MR) is 98.0 cm³/mol. The molecular weight excluding hydrogens is 288 g/mol. The highest BCUT2D eigenvalue weighted by molar-refractivity contribution is 6.22. The summed E-state index contributed by atoms with van der Waals surface area (Å²) in [5.41, 5.74) is 5.33. The van der Waals surface area contributed by atoms with Crippen molar-refractivity contribution in [1.82, 2.24) is 0 Å². The topological polar surface area (TPSA) is 0 Å². The van der Waals surface area contributed by atoms with Crippen LogP contribution >= 0.6 is 11.6 Å². The Bertz CT molecular complexity index is 549. The molecule has 1 heteroatoms. The van der Waals surface area contributed by atoms with Gasteiger partial charge in [0.05, 0.1) is 5.38 Å². The smallest absolute Gasteiger partial charge is 0.0835 e. The van der Waals surface area contributed by atoms with Gasteiger partial charge in [-0.1, -0.05) is 90.1 Å². The molecule has 0 bridgehead atoms. The molecule has 0 unspecified atom stereocenters. The first kappa shape index (κ1) is 17.1. The summed E-state index contributed by atoms with van der Waals surface area (Å²) < 4.78 is 0. The molecule has 0 fully saturated rings. The van der Waals surface area contributed by atoms with Crippen molar-refractivity contribution in [1.29, 1.82) is 0 Å². The summed E-state index contributed by atoms with van der Waals surface area (Å²) in [5.74, 6) is 0. The summed E-state index contributed by atoms with van der Waals surface area (Å²) in [7, 11) is 0. The summed E-state index contributed by atoms with van der Waals surface area (Å²) in [6.45, 7) is 13.4. The molecule has 0 atom stereocenters. The number of benzene rings is 2. The van der Waals surface area contributed by atoms with Crippen LogP contribution in [0.1, 0.15) is 69.2 Å². The Labute approximate surface area is 140 Å². The number of rotatable bonds is 2. The van der Waals surface area contributed by atoms with Crippen LogP contribution in [0.4, 0.5) is 0 Å². The molecule has 0 aliphatic heterocycles. The third-order valence-corrected chi connectivity index (χ3v) is 4.64. The third kappa shape index (κ3) is 3.93. The van der Waals surface area contributed by atoms with Gasteiger partial charge in [-0.05, 0) is 33.1 Å². The fraction of sp³-hybridized carbons (Fsp3) is 0.429. The second-order valence-electron chi connectivity index (χ2n) is 8.11. The highest BCUT2D eigenvalue weighted by Crippen LogP contribution is 2.32. The van der Waals surface area contributed by atoms with E-state index in [-0.39, 0.29) is 16.2 Å². The van der Waals surface area contributed by atoms with Crippen LogP contribution in [-0.2, 0) is 10.8 Å². The lowest BCUT2D eigenvalue weighted by Crippen LogP contribution is -2.11. The second kappa shape index (κ2) is 6.08. The van der Waals surface area contributed by atoms with Gasteiger partial charge in [0.1, 0.15) is 0 Å². The van der Waals surface area contributed by atoms with E-state index < -0.39 is 0 Å². The van der Waals surface area contributed by atoms with Crippen LogP contribution in [0.15, 0.2) is 48.5 Å². The van der Waals surface area contributed by atoms with Crippen molar-refractivity contribution in [2.75, 3.05) is 0 Å². The minimum absolute atomic E-state index is 0.0944. The second-order valence-corrected chi connectivity index (χ2v) is 8.54. The minimum Gasteiger partial charge on any atom is -0.113 e. The van der Waals surface area contributed by atoms with E-state index in [1.165, 1.54) is 11.1 Å². The molecule has 2 aromatic carbocycles. The van der Waals surface area contributed by atoms with Crippen LogP contribution < -0.4 is 0 Å². The van der Waals surface area contributed by atoms with Gasteiger partial charge in [-0.15, -0.1) is 11.6 Å². The van der Waals surface area contributed by atoms with E-state index >= 15 is 0 Å². The maximum absolute atomic E-state index is 6.66. The first-order valence-electron chi connectivity index (χ1n) is 7.94. The average molecular weight is 315 g/mol. The van der Waals surface area contributed by atoms with Crippen molar-refractivity contribution < 1.29 is 0 Å². The summed E-state index contributed by atoms with van der Waals surface area (Å²) in [4.78, 5) is 0. The molecule has 2 rings (SSSR count). The Morgan fingerprint density at radius 1 is 0.591 bits per heavy atom. The van der Waals surface area contributed by atoms with Crippen molar-refractivity contribution in [3.05, 3.63) is 70.8 Å². The highest BCUT2D eigenvalue weighted by atomic mass is 35.5. The van der Waals surface area contributed by atoms with Crippen molar-refractivity contribution in [3.63, 3.8) is 0 Å². The van der Waals surface area contributed by atoms with Crippen LogP contribution in [0.5, 0.6) is 0 Å². The predicted octanol–water partition coefficient (Wildman–Crippen LogP) is 6.61. The molecule has 0 spiro atoms. The van der Waals surface area contributed by atoms with E-state index in [4.69, 9.17) is 11.6 Å². The normalized spacial score (nSPS) is 12.7. The van der Waals surface area contributed by atoms with Gasteiger partial charge in [-0.25, -0.2) is 0 Å². The molecule has 118 valence electrons. The summed E-state index contributed by atoms with van der Waals surface area (Å²) >= 11 is 6.66. The van der Waals surface area contributed by atoms with Gasteiger partial charge >= 0.3 is 0 Å². The molecule has 0 radical (unpaired) electrons. The third-order valence-electron chi connectivity index (χ3n) is 4.14. The number of hydrogen-bond acceptors (Lipinski definition) is 0. The van der Waals surface area contributed by atoms with Crippen molar-refractivity contribution in [3.8, 4) is 0 Å². The lowest BCUT2D eigenvalue weighted by molar-refractivity contribution is 0.590. The van der Waals surface area contributed by atoms with Gasteiger partial charge in [0.15, 0.2) is 0 Å². The molecule has 22 heavy (non-hydrogen) atoms. The Balaban J connectivity index is 2.23. The van der Waals surface area contributed by atoms with Gasteiger partial charge in [-0.3, -0.25) is 0 Å². The van der Waals surface area contributed by atoms with Gasteiger partial charge in [0.25, 0.3) is 0 Å². The maximum Gasteiger partial charge on any atom is 0.0835 e. The van der Waals surface area contributed by atoms with E-state index in [0.717, 1.165) is 11.1 Å². The Kier molecular flexibility index (Phi) is 4.73. The zero-order valence-corrected chi connectivity index (χ0v) is 15.3. The SMILES string of the molecule is CC(C)(C)c1ccc(C(Cl)c2ccc(C(C)(C)C)cc2)cc1. The zero-order chi connectivity index (χ0) is 16.5. The Hall–Kier alpha value is -1.27. The number of alkyl halides is 1. The monoisotopic (exact) mass is 314 g/mol. The van der Waals surface area contributed by atoms with Gasteiger partial charge in [0.2, 0.25) is 0 Å². The molecular formula is C21H27Cl. The molecule has 2 aromatic rings. The first-order chi connectivity index (χ1) is 10.1. The summed E-state index contributed by atoms with van der Waals surface area (Å²) in [5, 5.41) is -0.0944. The van der Waals surface area contributed by atoms with Crippen LogP contribution in [0.3, 0.4) is 0 Å². The molecule has 0 saturated heterocycles. The van der Waals surface area contributed by atoms with E-state index in [9.17, 15) is 0 Å². The molecule has 0 aliphatic carbocycles. The quantitative estimate of drug-likeness (QED) is 0.547. The maximum atomic E-state index is 6.66. The molecule has 0 N–H and O–H groups in total. The fourth-order valence-corrected chi connectivity index (χ4v) is 2.79. The highest BCUT2D eigenvalue weighted by Gasteiger charge is 2.17. The average Bonchev–Trinajstić information content (AvgIpc) is 2.45. The lowest BCUT2D eigenvalue weighted by Gasteiger charge is -2.21. The van der Waals surface area contributed by atoms with Crippen LogP contribution in [0.2, 0.25) is 0 Å². The molecule has 0 nitrogen and oxygen atoms in total. The lowest BCUT2D eigenvalue weighted by atomic mass is 9.85. The number of halogens is 1. The van der Waals surface area contributed by atoms with Gasteiger partial charge in [0, 0.05) is 0 Å². The van der Waals surface area contributed by atoms with E-state index in [1.54, 1.807) is 0 Å². The first-order valence-corrected chi connectivity index (χ1v) is 8.37. The summed E-state index contributed by atoms with van der Waals surface area (Å²) in [6, 6.07) is 17.3. The van der Waals surface area contributed by atoms with Crippen molar-refractivity contribution >= 4 is 11.6 Å². The van der Waals surface area contributed by atoms with Crippen LogP contribution in [0.25, 0.3) is 0 Å². The van der Waals surface area contributed by atoms with Gasteiger partial charge in [-0.2, -0.15) is 0 Å². The van der Waals surface area contributed by atoms with E-state index in [1.807, 2.05) is 0 Å². The largest absolute Gasteiger partial charge is 0.113 e. The Morgan fingerprint density at radius 3 is 1.09 bits per heavy atom. The standard InChI is InChI=1S/C21H27Cl/c1-20(2,3)17-11-7-15(8-12-17)19(22)16-9-13-18(14-10-16)21(4,5)6/h7-14,19H,1-6H3. The molecule has 0 heterocycles. The number of hydrogen-bond donors (Lipinski definition) is 0. The molecule has 0 amide bonds. The minimum atomic E-state index is -0.0944. The molecule has 0 aliphatic rings. The Morgan fingerprint density at radius 2 is 0.864 bits per heavy atom. The summed E-state index contributed by atoms with van der Waals surface area (Å²) in [6.07, 6.45) is 0. The van der Waals surface area contributed by atoms with Gasteiger partial charge < -0.3 is 0 Å². The van der Waals surface area contributed by atoms with Crippen LogP contribution in [0, 0.1) is 0 Å². The van der Waals surface area contributed by atoms with Crippen LogP contribution in [-0.4, -0.2) is 0 Å². The van der Waals surface area contributed by atoms with E-state index in [2.05, 4.69) is 90.1 Å². The molecule has 0 saturated carbocycles. The van der Waals surface area contributed by atoms with E-state index in [0.29, 0.717) is 0 Å². The molecule has 0 aromatic heterocycles. The van der Waals surface area contributed by atoms with Crippen molar-refractivity contribution in [2.45, 2.75) is 57.7 Å². The fourth-order valence-electron chi connectivity index (χ4n) is 2.50.